The average molecular weight is 161 g/mol. The quantitative estimate of drug-likeness (QED) is 0.609. The topological polar surface area (TPSA) is 29.1 Å². The molecule has 1 heterocycles. The molecule has 2 rings (SSSR count). The Morgan fingerprint density at radius 1 is 1.08 bits per heavy atom. The van der Waals surface area contributed by atoms with E-state index in [-0.39, 0.29) is 5.91 Å². The Balaban J connectivity index is 2.32. The van der Waals surface area contributed by atoms with Gasteiger partial charge in [0.05, 0.1) is 0 Å². The van der Waals surface area contributed by atoms with Crippen LogP contribution in [-0.4, -0.2) is 5.91 Å². The third-order valence-electron chi connectivity index (χ3n) is 2.22. The van der Waals surface area contributed by atoms with Crippen LogP contribution in [0.5, 0.6) is 0 Å². The van der Waals surface area contributed by atoms with Crippen molar-refractivity contribution in [3.8, 4) is 0 Å². The summed E-state index contributed by atoms with van der Waals surface area (Å²) < 4.78 is 0. The lowest BCUT2D eigenvalue weighted by Gasteiger charge is -2.02. The van der Waals surface area contributed by atoms with Gasteiger partial charge in [-0.2, -0.15) is 0 Å². The maximum Gasteiger partial charge on any atom is 0.220 e. The minimum atomic E-state index is 0.159. The first-order chi connectivity index (χ1) is 5.86. The predicted molar refractivity (Wildman–Crippen MR) is 46.6 cm³/mol. The van der Waals surface area contributed by atoms with Gasteiger partial charge in [-0.15, -0.1) is 0 Å². The molecule has 0 fully saturated rings. The lowest BCUT2D eigenvalue weighted by Crippen LogP contribution is -2.20. The number of amides is 1. The highest BCUT2D eigenvalue weighted by atomic mass is 16.1. The van der Waals surface area contributed by atoms with Crippen molar-refractivity contribution >= 4 is 5.91 Å². The Morgan fingerprint density at radius 3 is 2.67 bits per heavy atom. The number of rotatable bonds is 0. The molecule has 2 heteroatoms. The second-order valence-corrected chi connectivity index (χ2v) is 3.05. The summed E-state index contributed by atoms with van der Waals surface area (Å²) in [6, 6.07) is 8.20. The molecular weight excluding hydrogens is 150 g/mol. The predicted octanol–water partition coefficient (Wildman–Crippen LogP) is 1.25. The molecule has 0 spiro atoms. The molecule has 1 amide bonds. The number of benzene rings is 1. The van der Waals surface area contributed by atoms with E-state index in [9.17, 15) is 4.79 Å². The van der Waals surface area contributed by atoms with Gasteiger partial charge in [0, 0.05) is 13.0 Å². The molecule has 0 unspecified atom stereocenters. The highest BCUT2D eigenvalue weighted by molar-refractivity contribution is 5.76. The molecule has 0 atom stereocenters. The van der Waals surface area contributed by atoms with Crippen LogP contribution in [0.25, 0.3) is 0 Å². The number of fused-ring (bicyclic) bond motifs is 1. The van der Waals surface area contributed by atoms with E-state index in [1.807, 2.05) is 12.1 Å². The molecule has 1 N–H and O–H groups in total. The normalized spacial score (nSPS) is 16.2. The fraction of sp³-hybridized carbons (Fsp3) is 0.300. The number of carbonyl (C=O) groups is 1. The summed E-state index contributed by atoms with van der Waals surface area (Å²) in [5, 5.41) is 2.86. The zero-order valence-electron chi connectivity index (χ0n) is 6.84. The number of carbonyl (C=O) groups excluding carboxylic acids is 1. The lowest BCUT2D eigenvalue weighted by atomic mass is 10.0. The molecule has 1 aliphatic heterocycles. The van der Waals surface area contributed by atoms with E-state index in [0.717, 1.165) is 6.42 Å². The van der Waals surface area contributed by atoms with E-state index in [1.54, 1.807) is 0 Å². The number of aryl methyl sites for hydroxylation is 1. The second kappa shape index (κ2) is 2.97. The van der Waals surface area contributed by atoms with Crippen molar-refractivity contribution in [1.29, 1.82) is 0 Å². The summed E-state index contributed by atoms with van der Waals surface area (Å²) in [5.41, 5.74) is 2.55. The van der Waals surface area contributed by atoms with Crippen molar-refractivity contribution in [2.45, 2.75) is 19.4 Å². The van der Waals surface area contributed by atoms with Crippen LogP contribution in [0, 0.1) is 0 Å². The summed E-state index contributed by atoms with van der Waals surface area (Å²) in [5.74, 6) is 0.159. The monoisotopic (exact) mass is 161 g/mol. The fourth-order valence-corrected chi connectivity index (χ4v) is 1.50. The molecule has 12 heavy (non-hydrogen) atoms. The molecule has 0 bridgehead atoms. The van der Waals surface area contributed by atoms with Gasteiger partial charge in [0.2, 0.25) is 5.91 Å². The summed E-state index contributed by atoms with van der Waals surface area (Å²) in [7, 11) is 0. The Morgan fingerprint density at radius 2 is 1.83 bits per heavy atom. The minimum absolute atomic E-state index is 0.159. The molecular formula is C10H11NO. The Kier molecular flexibility index (Phi) is 1.82. The molecule has 1 aromatic rings. The second-order valence-electron chi connectivity index (χ2n) is 3.05. The van der Waals surface area contributed by atoms with Crippen LogP contribution in [0.2, 0.25) is 0 Å². The van der Waals surface area contributed by atoms with Crippen molar-refractivity contribution in [3.05, 3.63) is 35.4 Å². The van der Waals surface area contributed by atoms with E-state index in [0.29, 0.717) is 13.0 Å². The summed E-state index contributed by atoms with van der Waals surface area (Å²) in [6.45, 7) is 0.689. The van der Waals surface area contributed by atoms with Crippen LogP contribution in [0.4, 0.5) is 0 Å². The molecule has 0 radical (unpaired) electrons. The minimum Gasteiger partial charge on any atom is -0.352 e. The van der Waals surface area contributed by atoms with Crippen LogP contribution >= 0.6 is 0 Å². The Labute approximate surface area is 71.6 Å². The number of hydrogen-bond donors (Lipinski definition) is 1. The fourth-order valence-electron chi connectivity index (χ4n) is 1.50. The first kappa shape index (κ1) is 7.35. The molecule has 0 saturated heterocycles. The molecule has 1 aliphatic rings. The SMILES string of the molecule is O=C1CCc2ccccc2CN1. The van der Waals surface area contributed by atoms with Gasteiger partial charge in [0.1, 0.15) is 0 Å². The summed E-state index contributed by atoms with van der Waals surface area (Å²) >= 11 is 0. The van der Waals surface area contributed by atoms with E-state index >= 15 is 0 Å². The number of nitrogens with one attached hydrogen (secondary N) is 1. The van der Waals surface area contributed by atoms with Gasteiger partial charge < -0.3 is 5.32 Å². The molecule has 0 saturated carbocycles. The Bertz CT molecular complexity index is 277. The van der Waals surface area contributed by atoms with Gasteiger partial charge in [0.25, 0.3) is 0 Å². The van der Waals surface area contributed by atoms with Gasteiger partial charge in [-0.05, 0) is 17.5 Å². The van der Waals surface area contributed by atoms with Gasteiger partial charge in [-0.1, -0.05) is 24.3 Å². The van der Waals surface area contributed by atoms with Gasteiger partial charge in [0.15, 0.2) is 0 Å². The molecule has 0 aliphatic carbocycles. The molecule has 1 aromatic carbocycles. The number of hydrogen-bond acceptors (Lipinski definition) is 1. The Hall–Kier alpha value is -1.31. The van der Waals surface area contributed by atoms with Gasteiger partial charge in [-0.3, -0.25) is 4.79 Å². The molecule has 62 valence electrons. The van der Waals surface area contributed by atoms with Crippen molar-refractivity contribution in [2.75, 3.05) is 0 Å². The zero-order chi connectivity index (χ0) is 8.39. The van der Waals surface area contributed by atoms with Crippen molar-refractivity contribution in [3.63, 3.8) is 0 Å². The van der Waals surface area contributed by atoms with Crippen molar-refractivity contribution in [1.82, 2.24) is 5.32 Å². The van der Waals surface area contributed by atoms with Crippen LogP contribution in [-0.2, 0) is 17.8 Å². The largest absolute Gasteiger partial charge is 0.352 e. The molecule has 2 nitrogen and oxygen atoms in total. The van der Waals surface area contributed by atoms with E-state index in [1.165, 1.54) is 11.1 Å². The average Bonchev–Trinajstić information content (AvgIpc) is 2.29. The third kappa shape index (κ3) is 1.33. The smallest absolute Gasteiger partial charge is 0.220 e. The summed E-state index contributed by atoms with van der Waals surface area (Å²) in [4.78, 5) is 11.0. The van der Waals surface area contributed by atoms with E-state index < -0.39 is 0 Å². The van der Waals surface area contributed by atoms with Crippen LogP contribution < -0.4 is 5.32 Å². The van der Waals surface area contributed by atoms with Crippen LogP contribution in [0.1, 0.15) is 17.5 Å². The highest BCUT2D eigenvalue weighted by Crippen LogP contribution is 2.13. The van der Waals surface area contributed by atoms with Crippen LogP contribution in [0.3, 0.4) is 0 Å². The van der Waals surface area contributed by atoms with Crippen molar-refractivity contribution in [2.24, 2.45) is 0 Å². The third-order valence-corrected chi connectivity index (χ3v) is 2.22. The zero-order valence-corrected chi connectivity index (χ0v) is 6.84. The first-order valence-corrected chi connectivity index (χ1v) is 4.20. The standard InChI is InChI=1S/C10H11NO/c12-10-6-5-8-3-1-2-4-9(8)7-11-10/h1-4H,5-7H2,(H,11,12). The lowest BCUT2D eigenvalue weighted by molar-refractivity contribution is -0.121. The highest BCUT2D eigenvalue weighted by Gasteiger charge is 2.10. The van der Waals surface area contributed by atoms with Crippen molar-refractivity contribution < 1.29 is 4.79 Å². The van der Waals surface area contributed by atoms with Gasteiger partial charge in [-0.25, -0.2) is 0 Å². The maximum absolute atomic E-state index is 11.0. The summed E-state index contributed by atoms with van der Waals surface area (Å²) in [6.07, 6.45) is 1.50. The van der Waals surface area contributed by atoms with Crippen LogP contribution in [0.15, 0.2) is 24.3 Å². The van der Waals surface area contributed by atoms with Gasteiger partial charge >= 0.3 is 0 Å². The molecule has 0 aromatic heterocycles. The van der Waals surface area contributed by atoms with E-state index in [2.05, 4.69) is 17.4 Å². The first-order valence-electron chi connectivity index (χ1n) is 4.20. The maximum atomic E-state index is 11.0. The van der Waals surface area contributed by atoms with E-state index in [4.69, 9.17) is 0 Å².